The second-order valence-corrected chi connectivity index (χ2v) is 11.9. The predicted molar refractivity (Wildman–Crippen MR) is 179 cm³/mol. The Labute approximate surface area is 252 Å². The molecule has 0 unspecified atom stereocenters. The van der Waals surface area contributed by atoms with Crippen molar-refractivity contribution in [2.75, 3.05) is 0 Å². The number of nitrogens with zero attached hydrogens (tertiary/aromatic N) is 2. The molecule has 0 amide bonds. The van der Waals surface area contributed by atoms with Gasteiger partial charge in [-0.3, -0.25) is 0 Å². The molecule has 0 saturated heterocycles. The summed E-state index contributed by atoms with van der Waals surface area (Å²) in [6, 6.07) is 51.7. The van der Waals surface area contributed by atoms with Gasteiger partial charge in [0.15, 0.2) is 5.82 Å². The Bertz CT molecular complexity index is 2070. The molecular weight excluding hydrogens is 520 g/mol. The molecule has 2 nitrogen and oxygen atoms in total. The number of hydrogen-bond donors (Lipinski definition) is 0. The van der Waals surface area contributed by atoms with Gasteiger partial charge in [-0.2, -0.15) is 0 Å². The third-order valence-corrected chi connectivity index (χ3v) is 8.91. The molecule has 7 aromatic rings. The summed E-state index contributed by atoms with van der Waals surface area (Å²) >= 11 is 0. The first-order valence-electron chi connectivity index (χ1n) is 14.8. The van der Waals surface area contributed by atoms with Crippen molar-refractivity contribution in [2.45, 2.75) is 19.3 Å². The molecule has 0 N–H and O–H groups in total. The highest BCUT2D eigenvalue weighted by atomic mass is 14.9. The van der Waals surface area contributed by atoms with Crippen LogP contribution >= 0.6 is 0 Å². The van der Waals surface area contributed by atoms with Crippen molar-refractivity contribution in [3.8, 4) is 56.2 Å². The van der Waals surface area contributed by atoms with Gasteiger partial charge in [0, 0.05) is 22.1 Å². The second-order valence-electron chi connectivity index (χ2n) is 11.9. The zero-order valence-electron chi connectivity index (χ0n) is 24.3. The smallest absolute Gasteiger partial charge is 0.160 e. The van der Waals surface area contributed by atoms with Crippen molar-refractivity contribution >= 4 is 10.8 Å². The third-order valence-electron chi connectivity index (χ3n) is 8.91. The molecule has 0 atom stereocenters. The van der Waals surface area contributed by atoms with Crippen LogP contribution in [0.3, 0.4) is 0 Å². The van der Waals surface area contributed by atoms with Crippen LogP contribution in [-0.4, -0.2) is 9.97 Å². The first-order valence-corrected chi connectivity index (χ1v) is 14.8. The molecule has 1 aliphatic carbocycles. The molecule has 0 radical (unpaired) electrons. The molecule has 1 aromatic heterocycles. The molecule has 6 aromatic carbocycles. The van der Waals surface area contributed by atoms with Gasteiger partial charge in [0.25, 0.3) is 0 Å². The van der Waals surface area contributed by atoms with Gasteiger partial charge >= 0.3 is 0 Å². The molecule has 1 aliphatic rings. The molecule has 0 bridgehead atoms. The minimum atomic E-state index is -0.0622. The zero-order valence-corrected chi connectivity index (χ0v) is 24.3. The number of aromatic nitrogens is 2. The van der Waals surface area contributed by atoms with E-state index in [1.165, 1.54) is 44.2 Å². The largest absolute Gasteiger partial charge is 0.228 e. The Kier molecular flexibility index (Phi) is 5.84. The highest BCUT2D eigenvalue weighted by molar-refractivity contribution is 6.02. The topological polar surface area (TPSA) is 25.8 Å². The quantitative estimate of drug-likeness (QED) is 0.218. The van der Waals surface area contributed by atoms with E-state index in [9.17, 15) is 0 Å². The molecule has 0 fully saturated rings. The fourth-order valence-electron chi connectivity index (χ4n) is 6.59. The monoisotopic (exact) mass is 550 g/mol. The Balaban J connectivity index is 1.19. The van der Waals surface area contributed by atoms with E-state index in [0.717, 1.165) is 33.9 Å². The summed E-state index contributed by atoms with van der Waals surface area (Å²) in [4.78, 5) is 9.94. The zero-order chi connectivity index (χ0) is 29.0. The maximum absolute atomic E-state index is 5.00. The van der Waals surface area contributed by atoms with Gasteiger partial charge < -0.3 is 0 Å². The average Bonchev–Trinajstić information content (AvgIpc) is 3.31. The summed E-state index contributed by atoms with van der Waals surface area (Å²) in [6.07, 6.45) is 0. The highest BCUT2D eigenvalue weighted by Gasteiger charge is 2.36. The maximum atomic E-state index is 5.00. The number of fused-ring (bicyclic) bond motifs is 5. The van der Waals surface area contributed by atoms with Crippen LogP contribution in [0.5, 0.6) is 0 Å². The van der Waals surface area contributed by atoms with Crippen LogP contribution in [0.2, 0.25) is 0 Å². The van der Waals surface area contributed by atoms with E-state index in [0.29, 0.717) is 0 Å². The van der Waals surface area contributed by atoms with Gasteiger partial charge in [0.1, 0.15) is 0 Å². The van der Waals surface area contributed by atoms with Crippen molar-refractivity contribution in [3.05, 3.63) is 157 Å². The van der Waals surface area contributed by atoms with Gasteiger partial charge in [-0.1, -0.05) is 147 Å². The van der Waals surface area contributed by atoms with Gasteiger partial charge in [-0.05, 0) is 56.3 Å². The van der Waals surface area contributed by atoms with Crippen LogP contribution < -0.4 is 0 Å². The Morgan fingerprint density at radius 1 is 0.442 bits per heavy atom. The van der Waals surface area contributed by atoms with E-state index in [-0.39, 0.29) is 5.41 Å². The highest BCUT2D eigenvalue weighted by Crippen LogP contribution is 2.52. The van der Waals surface area contributed by atoms with Gasteiger partial charge in [-0.15, -0.1) is 0 Å². The molecule has 0 saturated carbocycles. The van der Waals surface area contributed by atoms with Crippen LogP contribution in [-0.2, 0) is 5.41 Å². The molecule has 0 aliphatic heterocycles. The minimum Gasteiger partial charge on any atom is -0.228 e. The lowest BCUT2D eigenvalue weighted by Crippen LogP contribution is -2.15. The summed E-state index contributed by atoms with van der Waals surface area (Å²) < 4.78 is 0. The standard InChI is InChI=1S/C41H30N2/c1-41(2)35-24-22-28-11-9-10-16-33(28)39(35)34-23-21-32(25-36(34)41)27-17-19-30(20-18-27)38-26-37(29-12-5-3-6-13-29)42-40(43-38)31-14-7-4-8-15-31/h3-26H,1-2H3. The second kappa shape index (κ2) is 9.89. The minimum absolute atomic E-state index is 0.0622. The normalized spacial score (nSPS) is 13.1. The fourth-order valence-corrected chi connectivity index (χ4v) is 6.59. The SMILES string of the molecule is CC1(C)c2cc(-c3ccc(-c4cc(-c5ccccc5)nc(-c5ccccc5)n4)cc3)ccc2-c2c1ccc1ccccc21. The molecule has 0 spiro atoms. The summed E-state index contributed by atoms with van der Waals surface area (Å²) in [5.74, 6) is 0.731. The molecule has 204 valence electrons. The van der Waals surface area contributed by atoms with E-state index >= 15 is 0 Å². The average molecular weight is 551 g/mol. The number of hydrogen-bond acceptors (Lipinski definition) is 2. The lowest BCUT2D eigenvalue weighted by molar-refractivity contribution is 0.661. The lowest BCUT2D eigenvalue weighted by atomic mass is 9.81. The van der Waals surface area contributed by atoms with Crippen molar-refractivity contribution < 1.29 is 0 Å². The lowest BCUT2D eigenvalue weighted by Gasteiger charge is -2.22. The molecular formula is C41H30N2. The maximum Gasteiger partial charge on any atom is 0.160 e. The molecule has 8 rings (SSSR count). The fraction of sp³-hybridized carbons (Fsp3) is 0.0732. The van der Waals surface area contributed by atoms with Crippen molar-refractivity contribution in [3.63, 3.8) is 0 Å². The Hall–Kier alpha value is -5.34. The van der Waals surface area contributed by atoms with E-state index in [1.807, 2.05) is 36.4 Å². The molecule has 1 heterocycles. The van der Waals surface area contributed by atoms with Crippen LogP contribution in [0.25, 0.3) is 66.9 Å². The molecule has 43 heavy (non-hydrogen) atoms. The van der Waals surface area contributed by atoms with Gasteiger partial charge in [-0.25, -0.2) is 9.97 Å². The number of benzene rings is 6. The summed E-state index contributed by atoms with van der Waals surface area (Å²) in [7, 11) is 0. The summed E-state index contributed by atoms with van der Waals surface area (Å²) in [6.45, 7) is 4.70. The van der Waals surface area contributed by atoms with E-state index in [2.05, 4.69) is 123 Å². The third kappa shape index (κ3) is 4.26. The first-order chi connectivity index (χ1) is 21.1. The van der Waals surface area contributed by atoms with Gasteiger partial charge in [0.05, 0.1) is 11.4 Å². The van der Waals surface area contributed by atoms with Crippen molar-refractivity contribution in [1.82, 2.24) is 9.97 Å². The number of rotatable bonds is 4. The van der Waals surface area contributed by atoms with E-state index in [4.69, 9.17) is 9.97 Å². The summed E-state index contributed by atoms with van der Waals surface area (Å²) in [5, 5.41) is 2.62. The van der Waals surface area contributed by atoms with Crippen LogP contribution in [0.15, 0.2) is 146 Å². The predicted octanol–water partition coefficient (Wildman–Crippen LogP) is 10.6. The van der Waals surface area contributed by atoms with Gasteiger partial charge in [0.2, 0.25) is 0 Å². The van der Waals surface area contributed by atoms with E-state index in [1.54, 1.807) is 0 Å². The molecule has 2 heteroatoms. The van der Waals surface area contributed by atoms with Crippen molar-refractivity contribution in [2.24, 2.45) is 0 Å². The Morgan fingerprint density at radius 3 is 1.74 bits per heavy atom. The van der Waals surface area contributed by atoms with E-state index < -0.39 is 0 Å². The summed E-state index contributed by atoms with van der Waals surface area (Å²) in [5.41, 5.74) is 12.9. The van der Waals surface area contributed by atoms with Crippen molar-refractivity contribution in [1.29, 1.82) is 0 Å². The van der Waals surface area contributed by atoms with Crippen LogP contribution in [0.4, 0.5) is 0 Å². The first kappa shape index (κ1) is 25.4. The Morgan fingerprint density at radius 2 is 1.02 bits per heavy atom. The van der Waals surface area contributed by atoms with Crippen LogP contribution in [0.1, 0.15) is 25.0 Å². The van der Waals surface area contributed by atoms with Crippen LogP contribution in [0, 0.1) is 0 Å².